The number of amides is 2. The van der Waals surface area contributed by atoms with Crippen molar-refractivity contribution in [2.45, 2.75) is 13.3 Å². The molecule has 0 aromatic heterocycles. The first-order valence-corrected chi connectivity index (χ1v) is 7.05. The molecule has 2 amide bonds. The Morgan fingerprint density at radius 1 is 0.870 bits per heavy atom. The summed E-state index contributed by atoms with van der Waals surface area (Å²) in [6.07, 6.45) is 0.379. The van der Waals surface area contributed by atoms with Gasteiger partial charge in [0.25, 0.3) is 5.91 Å². The van der Waals surface area contributed by atoms with E-state index >= 15 is 0 Å². The summed E-state index contributed by atoms with van der Waals surface area (Å²) in [5.41, 5.74) is 1.16. The molecule has 2 aromatic rings. The molecule has 0 saturated heterocycles. The van der Waals surface area contributed by atoms with Crippen molar-refractivity contribution in [2.24, 2.45) is 0 Å². The largest absolute Gasteiger partial charge is 0.478 e. The number of carboxylic acid groups (broad SMARTS) is 1. The maximum absolute atomic E-state index is 12.2. The minimum atomic E-state index is -1.16. The maximum Gasteiger partial charge on any atom is 0.336 e. The molecule has 0 bridgehead atoms. The number of carbonyl (C=O) groups is 3. The van der Waals surface area contributed by atoms with Crippen LogP contribution in [-0.4, -0.2) is 22.9 Å². The fourth-order valence-corrected chi connectivity index (χ4v) is 1.95. The van der Waals surface area contributed by atoms with Crippen LogP contribution in [0.1, 0.15) is 34.1 Å². The van der Waals surface area contributed by atoms with Gasteiger partial charge in [0.2, 0.25) is 5.91 Å². The normalized spacial score (nSPS) is 9.96. The molecule has 0 fully saturated rings. The van der Waals surface area contributed by atoms with E-state index in [0.717, 1.165) is 0 Å². The fourth-order valence-electron chi connectivity index (χ4n) is 1.95. The Hall–Kier alpha value is -3.15. The molecule has 0 atom stereocenters. The van der Waals surface area contributed by atoms with E-state index in [2.05, 4.69) is 10.6 Å². The number of hydrogen-bond donors (Lipinski definition) is 3. The van der Waals surface area contributed by atoms with E-state index in [1.54, 1.807) is 43.3 Å². The number of carbonyl (C=O) groups excluding carboxylic acids is 2. The van der Waals surface area contributed by atoms with Gasteiger partial charge in [-0.3, -0.25) is 9.59 Å². The van der Waals surface area contributed by atoms with E-state index < -0.39 is 11.9 Å². The van der Waals surface area contributed by atoms with E-state index in [0.29, 0.717) is 17.8 Å². The van der Waals surface area contributed by atoms with Crippen LogP contribution in [0.2, 0.25) is 0 Å². The molecule has 0 unspecified atom stereocenters. The molecule has 2 rings (SSSR count). The zero-order valence-corrected chi connectivity index (χ0v) is 12.5. The molecule has 0 saturated carbocycles. The number of aromatic carboxylic acids is 1. The van der Waals surface area contributed by atoms with Crippen LogP contribution in [0.4, 0.5) is 11.4 Å². The number of carboxylic acids is 1. The molecule has 3 N–H and O–H groups in total. The van der Waals surface area contributed by atoms with Crippen LogP contribution in [0.15, 0.2) is 48.5 Å². The average molecular weight is 312 g/mol. The summed E-state index contributed by atoms with van der Waals surface area (Å²) < 4.78 is 0. The lowest BCUT2D eigenvalue weighted by Gasteiger charge is -2.09. The van der Waals surface area contributed by atoms with Gasteiger partial charge in [-0.25, -0.2) is 4.79 Å². The Morgan fingerprint density at radius 3 is 1.91 bits per heavy atom. The molecular weight excluding hydrogens is 296 g/mol. The van der Waals surface area contributed by atoms with Gasteiger partial charge in [-0.2, -0.15) is 0 Å². The summed E-state index contributed by atoms with van der Waals surface area (Å²) >= 11 is 0. The van der Waals surface area contributed by atoms with Crippen molar-refractivity contribution in [1.29, 1.82) is 0 Å². The smallest absolute Gasteiger partial charge is 0.336 e. The second-order valence-electron chi connectivity index (χ2n) is 4.78. The average Bonchev–Trinajstić information content (AvgIpc) is 2.56. The molecule has 0 aliphatic heterocycles. The van der Waals surface area contributed by atoms with Gasteiger partial charge in [0.1, 0.15) is 0 Å². The molecule has 2 aromatic carbocycles. The lowest BCUT2D eigenvalue weighted by atomic mass is 10.1. The molecule has 0 spiro atoms. The van der Waals surface area contributed by atoms with Gasteiger partial charge in [0.15, 0.2) is 0 Å². The molecule has 0 aliphatic rings. The van der Waals surface area contributed by atoms with Gasteiger partial charge in [0.05, 0.1) is 11.1 Å². The Morgan fingerprint density at radius 2 is 1.39 bits per heavy atom. The minimum Gasteiger partial charge on any atom is -0.478 e. The van der Waals surface area contributed by atoms with Crippen LogP contribution in [0.3, 0.4) is 0 Å². The van der Waals surface area contributed by atoms with Gasteiger partial charge in [-0.1, -0.05) is 19.1 Å². The van der Waals surface area contributed by atoms with E-state index in [-0.39, 0.29) is 17.0 Å². The molecular formula is C17H16N2O4. The Kier molecular flexibility index (Phi) is 5.09. The molecule has 0 aliphatic carbocycles. The van der Waals surface area contributed by atoms with Crippen LogP contribution >= 0.6 is 0 Å². The van der Waals surface area contributed by atoms with Crippen molar-refractivity contribution in [3.63, 3.8) is 0 Å². The zero-order chi connectivity index (χ0) is 16.8. The van der Waals surface area contributed by atoms with Crippen LogP contribution < -0.4 is 10.6 Å². The van der Waals surface area contributed by atoms with Crippen LogP contribution in [0.25, 0.3) is 0 Å². The van der Waals surface area contributed by atoms with Crippen molar-refractivity contribution in [2.75, 3.05) is 10.6 Å². The van der Waals surface area contributed by atoms with Crippen LogP contribution in [-0.2, 0) is 4.79 Å². The summed E-state index contributed by atoms with van der Waals surface area (Å²) in [5, 5.41) is 14.4. The zero-order valence-electron chi connectivity index (χ0n) is 12.5. The predicted molar refractivity (Wildman–Crippen MR) is 86.7 cm³/mol. The van der Waals surface area contributed by atoms with Crippen LogP contribution in [0.5, 0.6) is 0 Å². The number of hydrogen-bond acceptors (Lipinski definition) is 3. The third-order valence-electron chi connectivity index (χ3n) is 3.15. The summed E-state index contributed by atoms with van der Waals surface area (Å²) in [6, 6.07) is 12.6. The minimum absolute atomic E-state index is 0.0585. The molecule has 0 radical (unpaired) electrons. The highest BCUT2D eigenvalue weighted by Gasteiger charge is 2.15. The van der Waals surface area contributed by atoms with Crippen molar-refractivity contribution >= 4 is 29.2 Å². The quantitative estimate of drug-likeness (QED) is 0.791. The lowest BCUT2D eigenvalue weighted by Crippen LogP contribution is -2.16. The second kappa shape index (κ2) is 7.22. The third kappa shape index (κ3) is 4.16. The topological polar surface area (TPSA) is 95.5 Å². The highest BCUT2D eigenvalue weighted by molar-refractivity contribution is 6.10. The predicted octanol–water partition coefficient (Wildman–Crippen LogP) is 2.99. The van der Waals surface area contributed by atoms with E-state index in [4.69, 9.17) is 5.11 Å². The number of anilines is 2. The first kappa shape index (κ1) is 16.2. The lowest BCUT2D eigenvalue weighted by molar-refractivity contribution is -0.115. The van der Waals surface area contributed by atoms with Crippen molar-refractivity contribution in [3.05, 3.63) is 59.7 Å². The van der Waals surface area contributed by atoms with Gasteiger partial charge in [0, 0.05) is 17.8 Å². The van der Waals surface area contributed by atoms with Gasteiger partial charge in [-0.15, -0.1) is 0 Å². The molecule has 23 heavy (non-hydrogen) atoms. The second-order valence-corrected chi connectivity index (χ2v) is 4.78. The summed E-state index contributed by atoms with van der Waals surface area (Å²) in [5.74, 6) is -1.76. The molecule has 0 heterocycles. The number of rotatable bonds is 5. The first-order valence-electron chi connectivity index (χ1n) is 7.05. The van der Waals surface area contributed by atoms with E-state index in [1.807, 2.05) is 0 Å². The molecule has 6 nitrogen and oxygen atoms in total. The summed E-state index contributed by atoms with van der Waals surface area (Å²) in [4.78, 5) is 34.6. The van der Waals surface area contributed by atoms with E-state index in [9.17, 15) is 14.4 Å². The summed E-state index contributed by atoms with van der Waals surface area (Å²) in [6.45, 7) is 1.75. The highest BCUT2D eigenvalue weighted by atomic mass is 16.4. The van der Waals surface area contributed by atoms with Crippen molar-refractivity contribution < 1.29 is 19.5 Å². The monoisotopic (exact) mass is 312 g/mol. The first-order chi connectivity index (χ1) is 11.0. The maximum atomic E-state index is 12.2. The molecule has 118 valence electrons. The SMILES string of the molecule is CCC(=O)Nc1ccc(NC(=O)c2ccccc2C(=O)O)cc1. The van der Waals surface area contributed by atoms with Gasteiger partial charge < -0.3 is 15.7 Å². The third-order valence-corrected chi connectivity index (χ3v) is 3.15. The Bertz CT molecular complexity index is 739. The number of nitrogens with one attached hydrogen (secondary N) is 2. The van der Waals surface area contributed by atoms with Gasteiger partial charge in [-0.05, 0) is 36.4 Å². The summed E-state index contributed by atoms with van der Waals surface area (Å²) in [7, 11) is 0. The number of benzene rings is 2. The highest BCUT2D eigenvalue weighted by Crippen LogP contribution is 2.16. The van der Waals surface area contributed by atoms with Crippen LogP contribution in [0, 0.1) is 0 Å². The van der Waals surface area contributed by atoms with Crippen molar-refractivity contribution in [3.8, 4) is 0 Å². The molecule has 6 heteroatoms. The Labute approximate surface area is 133 Å². The Balaban J connectivity index is 2.12. The van der Waals surface area contributed by atoms with Gasteiger partial charge >= 0.3 is 5.97 Å². The fraction of sp³-hybridized carbons (Fsp3) is 0.118. The van der Waals surface area contributed by atoms with Crippen molar-refractivity contribution in [1.82, 2.24) is 0 Å². The van der Waals surface area contributed by atoms with E-state index in [1.165, 1.54) is 12.1 Å². The standard InChI is InChI=1S/C17H16N2O4/c1-2-15(20)18-11-7-9-12(10-8-11)19-16(21)13-5-3-4-6-14(13)17(22)23/h3-10H,2H2,1H3,(H,18,20)(H,19,21)(H,22,23).